The molecule has 0 atom stereocenters. The van der Waals surface area contributed by atoms with Crippen LogP contribution < -0.4 is 5.32 Å². The van der Waals surface area contributed by atoms with Gasteiger partial charge in [-0.2, -0.15) is 0 Å². The molecule has 5 aromatic rings. The highest BCUT2D eigenvalue weighted by molar-refractivity contribution is 14.1. The van der Waals surface area contributed by atoms with E-state index in [2.05, 4.69) is 27.9 Å². The van der Waals surface area contributed by atoms with Crippen LogP contribution in [0.25, 0.3) is 32.1 Å². The van der Waals surface area contributed by atoms with Crippen LogP contribution in [0.2, 0.25) is 5.02 Å². The van der Waals surface area contributed by atoms with Gasteiger partial charge in [-0.15, -0.1) is 11.3 Å². The molecule has 2 aromatic heterocycles. The number of halogens is 2. The highest BCUT2D eigenvalue weighted by atomic mass is 127. The Morgan fingerprint density at radius 2 is 1.87 bits per heavy atom. The van der Waals surface area contributed by atoms with Gasteiger partial charge in [0.05, 0.1) is 15.9 Å². The third kappa shape index (κ3) is 4.23. The van der Waals surface area contributed by atoms with Gasteiger partial charge in [0, 0.05) is 19.7 Å². The van der Waals surface area contributed by atoms with E-state index in [4.69, 9.17) is 21.0 Å². The first-order valence-electron chi connectivity index (χ1n) is 9.39. The van der Waals surface area contributed by atoms with Crippen LogP contribution in [0.3, 0.4) is 0 Å². The van der Waals surface area contributed by atoms with Crippen molar-refractivity contribution in [3.05, 3.63) is 93.2 Å². The summed E-state index contributed by atoms with van der Waals surface area (Å²) in [5.74, 6) is 0.488. The molecule has 0 aliphatic heterocycles. The SMILES string of the molecule is O=C(Nc1ccc(I)cc1-c1nc2ccccc2s1)c1ccc(-c2cccc(Cl)c2)o1. The van der Waals surface area contributed by atoms with Crippen molar-refractivity contribution < 1.29 is 9.21 Å². The van der Waals surface area contributed by atoms with Crippen LogP contribution in [0, 0.1) is 3.57 Å². The molecule has 0 aliphatic rings. The molecule has 0 fully saturated rings. The maximum atomic E-state index is 12.9. The number of carbonyl (C=O) groups is 1. The summed E-state index contributed by atoms with van der Waals surface area (Å²) in [5.41, 5.74) is 3.32. The van der Waals surface area contributed by atoms with Gasteiger partial charge >= 0.3 is 0 Å². The summed E-state index contributed by atoms with van der Waals surface area (Å²) in [4.78, 5) is 17.7. The lowest BCUT2D eigenvalue weighted by Gasteiger charge is -2.09. The third-order valence-corrected chi connectivity index (χ3v) is 6.67. The number of thiazole rings is 1. The van der Waals surface area contributed by atoms with Crippen LogP contribution in [-0.4, -0.2) is 10.9 Å². The van der Waals surface area contributed by atoms with Crippen molar-refractivity contribution in [1.82, 2.24) is 4.98 Å². The number of aromatic nitrogens is 1. The van der Waals surface area contributed by atoms with Crippen LogP contribution in [0.1, 0.15) is 10.6 Å². The Morgan fingerprint density at radius 1 is 1.00 bits per heavy atom. The fraction of sp³-hybridized carbons (Fsp3) is 0. The van der Waals surface area contributed by atoms with Crippen molar-refractivity contribution in [1.29, 1.82) is 0 Å². The van der Waals surface area contributed by atoms with Gasteiger partial charge in [0.15, 0.2) is 5.76 Å². The topological polar surface area (TPSA) is 55.1 Å². The molecule has 0 unspecified atom stereocenters. The number of benzene rings is 3. The summed E-state index contributed by atoms with van der Waals surface area (Å²) in [6.45, 7) is 0. The molecule has 1 amide bonds. The molecular formula is C24H14ClIN2O2S. The van der Waals surface area contributed by atoms with Crippen molar-refractivity contribution >= 4 is 67.3 Å². The van der Waals surface area contributed by atoms with Gasteiger partial charge in [-0.3, -0.25) is 4.79 Å². The van der Waals surface area contributed by atoms with E-state index < -0.39 is 0 Å². The predicted octanol–water partition coefficient (Wildman–Crippen LogP) is 7.73. The Labute approximate surface area is 201 Å². The Kier molecular flexibility index (Phi) is 5.52. The maximum absolute atomic E-state index is 12.9. The molecule has 0 saturated carbocycles. The highest BCUT2D eigenvalue weighted by Gasteiger charge is 2.17. The number of carbonyl (C=O) groups excluding carboxylic acids is 1. The number of rotatable bonds is 4. The minimum Gasteiger partial charge on any atom is -0.451 e. The van der Waals surface area contributed by atoms with E-state index in [0.29, 0.717) is 16.5 Å². The number of para-hydroxylation sites is 1. The molecule has 0 saturated heterocycles. The number of nitrogens with one attached hydrogen (secondary N) is 1. The molecule has 0 spiro atoms. The summed E-state index contributed by atoms with van der Waals surface area (Å²) in [6, 6.07) is 24.6. The zero-order valence-electron chi connectivity index (χ0n) is 15.9. The van der Waals surface area contributed by atoms with Gasteiger partial charge < -0.3 is 9.73 Å². The number of anilines is 1. The molecule has 2 heterocycles. The van der Waals surface area contributed by atoms with Gasteiger partial charge in [0.2, 0.25) is 0 Å². The van der Waals surface area contributed by atoms with Crippen LogP contribution in [0.4, 0.5) is 5.69 Å². The van der Waals surface area contributed by atoms with Crippen molar-refractivity contribution in [3.8, 4) is 21.9 Å². The van der Waals surface area contributed by atoms with Gasteiger partial charge in [0.25, 0.3) is 5.91 Å². The molecular weight excluding hydrogens is 543 g/mol. The Morgan fingerprint density at radius 3 is 2.71 bits per heavy atom. The zero-order valence-corrected chi connectivity index (χ0v) is 19.7. The molecule has 0 radical (unpaired) electrons. The lowest BCUT2D eigenvalue weighted by atomic mass is 10.2. The zero-order chi connectivity index (χ0) is 21.4. The lowest BCUT2D eigenvalue weighted by Crippen LogP contribution is -2.11. The normalized spacial score (nSPS) is 11.0. The Hall–Kier alpha value is -2.68. The second-order valence-electron chi connectivity index (χ2n) is 6.81. The first kappa shape index (κ1) is 20.2. The average Bonchev–Trinajstić information content (AvgIpc) is 3.42. The largest absolute Gasteiger partial charge is 0.451 e. The fourth-order valence-corrected chi connectivity index (χ4v) is 4.91. The number of nitrogens with zero attached hydrogens (tertiary/aromatic N) is 1. The van der Waals surface area contributed by atoms with E-state index in [0.717, 1.165) is 29.9 Å². The first-order chi connectivity index (χ1) is 15.1. The maximum Gasteiger partial charge on any atom is 0.291 e. The Bertz CT molecular complexity index is 1390. The molecule has 4 nitrogen and oxygen atoms in total. The molecule has 5 rings (SSSR count). The summed E-state index contributed by atoms with van der Waals surface area (Å²) in [7, 11) is 0. The molecule has 31 heavy (non-hydrogen) atoms. The van der Waals surface area contributed by atoms with E-state index in [1.54, 1.807) is 35.6 Å². The van der Waals surface area contributed by atoms with Gasteiger partial charge in [-0.05, 0) is 77.2 Å². The van der Waals surface area contributed by atoms with Crippen LogP contribution in [-0.2, 0) is 0 Å². The standard InChI is InChI=1S/C24H14ClIN2O2S/c25-15-5-3-4-14(12-15)20-10-11-21(30-20)23(29)27-18-9-8-16(26)13-17(18)24-28-19-6-1-2-7-22(19)31-24/h1-13H,(H,27,29). The summed E-state index contributed by atoms with van der Waals surface area (Å²) >= 11 is 9.92. The third-order valence-electron chi connectivity index (χ3n) is 4.69. The smallest absolute Gasteiger partial charge is 0.291 e. The number of fused-ring (bicyclic) bond motifs is 1. The molecule has 152 valence electrons. The number of amides is 1. The van der Waals surface area contributed by atoms with Gasteiger partial charge in [-0.25, -0.2) is 4.98 Å². The van der Waals surface area contributed by atoms with E-state index >= 15 is 0 Å². The minimum atomic E-state index is -0.322. The monoisotopic (exact) mass is 556 g/mol. The van der Waals surface area contributed by atoms with Crippen molar-refractivity contribution in [2.45, 2.75) is 0 Å². The predicted molar refractivity (Wildman–Crippen MR) is 135 cm³/mol. The van der Waals surface area contributed by atoms with Crippen LogP contribution in [0.5, 0.6) is 0 Å². The number of hydrogen-bond donors (Lipinski definition) is 1. The van der Waals surface area contributed by atoms with E-state index in [1.807, 2.05) is 54.6 Å². The molecule has 0 aliphatic carbocycles. The quantitative estimate of drug-likeness (QED) is 0.230. The van der Waals surface area contributed by atoms with E-state index in [-0.39, 0.29) is 11.7 Å². The summed E-state index contributed by atoms with van der Waals surface area (Å²) in [5, 5.41) is 4.44. The Balaban J connectivity index is 1.46. The molecule has 0 bridgehead atoms. The molecule has 1 N–H and O–H groups in total. The highest BCUT2D eigenvalue weighted by Crippen LogP contribution is 2.36. The first-order valence-corrected chi connectivity index (χ1v) is 11.7. The molecule has 3 aromatic carbocycles. The molecule has 7 heteroatoms. The average molecular weight is 557 g/mol. The van der Waals surface area contributed by atoms with E-state index in [9.17, 15) is 4.79 Å². The lowest BCUT2D eigenvalue weighted by molar-refractivity contribution is 0.0997. The second kappa shape index (κ2) is 8.45. The van der Waals surface area contributed by atoms with Crippen LogP contribution >= 0.6 is 45.5 Å². The summed E-state index contributed by atoms with van der Waals surface area (Å²) in [6.07, 6.45) is 0. The second-order valence-corrected chi connectivity index (χ2v) is 9.52. The van der Waals surface area contributed by atoms with Crippen molar-refractivity contribution in [2.24, 2.45) is 0 Å². The van der Waals surface area contributed by atoms with E-state index in [1.165, 1.54) is 0 Å². The summed E-state index contributed by atoms with van der Waals surface area (Å²) < 4.78 is 7.95. The minimum absolute atomic E-state index is 0.226. The van der Waals surface area contributed by atoms with Crippen molar-refractivity contribution in [2.75, 3.05) is 5.32 Å². The number of furan rings is 1. The number of hydrogen-bond acceptors (Lipinski definition) is 4. The van der Waals surface area contributed by atoms with Gasteiger partial charge in [0.1, 0.15) is 10.8 Å². The van der Waals surface area contributed by atoms with Crippen molar-refractivity contribution in [3.63, 3.8) is 0 Å². The van der Waals surface area contributed by atoms with Crippen LogP contribution in [0.15, 0.2) is 83.3 Å². The fourth-order valence-electron chi connectivity index (χ4n) is 3.23. The van der Waals surface area contributed by atoms with Gasteiger partial charge in [-0.1, -0.05) is 35.9 Å².